The minimum absolute atomic E-state index is 0.617. The van der Waals surface area contributed by atoms with E-state index in [-0.39, 0.29) is 0 Å². The summed E-state index contributed by atoms with van der Waals surface area (Å²) in [5, 5.41) is 17.1. The Labute approximate surface area is 154 Å². The summed E-state index contributed by atoms with van der Waals surface area (Å²) in [6.45, 7) is 3.83. The molecule has 2 aromatic heterocycles. The van der Waals surface area contributed by atoms with Gasteiger partial charge in [0.15, 0.2) is 0 Å². The van der Waals surface area contributed by atoms with Crippen molar-refractivity contribution in [1.29, 1.82) is 5.26 Å². The van der Waals surface area contributed by atoms with Crippen LogP contribution < -0.4 is 5.32 Å². The quantitative estimate of drug-likeness (QED) is 0.916. The molecule has 1 N–H and O–H groups in total. The van der Waals surface area contributed by atoms with Gasteiger partial charge in [-0.3, -0.25) is 9.58 Å². The van der Waals surface area contributed by atoms with Crippen LogP contribution in [0.1, 0.15) is 55.5 Å². The number of nitrogens with one attached hydrogen (secondary N) is 1. The van der Waals surface area contributed by atoms with Crippen molar-refractivity contribution in [3.05, 3.63) is 41.3 Å². The van der Waals surface area contributed by atoms with Gasteiger partial charge in [0.25, 0.3) is 0 Å². The van der Waals surface area contributed by atoms with Gasteiger partial charge in [0.2, 0.25) is 0 Å². The second kappa shape index (κ2) is 7.88. The van der Waals surface area contributed by atoms with Crippen LogP contribution in [0.25, 0.3) is 0 Å². The second-order valence-electron chi connectivity index (χ2n) is 7.36. The third-order valence-corrected chi connectivity index (χ3v) is 5.53. The zero-order valence-corrected chi connectivity index (χ0v) is 15.2. The molecule has 0 bridgehead atoms. The molecule has 1 aliphatic carbocycles. The molecule has 2 aliphatic rings. The summed E-state index contributed by atoms with van der Waals surface area (Å²) in [5.74, 6) is 0.719. The number of nitriles is 1. The summed E-state index contributed by atoms with van der Waals surface area (Å²) in [5.41, 5.74) is 2.98. The van der Waals surface area contributed by atoms with Gasteiger partial charge in [-0.25, -0.2) is 4.98 Å². The van der Waals surface area contributed by atoms with Crippen molar-refractivity contribution in [2.45, 2.75) is 64.2 Å². The molecule has 136 valence electrons. The van der Waals surface area contributed by atoms with Crippen molar-refractivity contribution in [2.24, 2.45) is 0 Å². The van der Waals surface area contributed by atoms with Crippen LogP contribution in [0.4, 0.5) is 5.82 Å². The number of aryl methyl sites for hydroxylation is 1. The number of hydrogen-bond donors (Lipinski definition) is 1. The van der Waals surface area contributed by atoms with Crippen molar-refractivity contribution in [1.82, 2.24) is 19.7 Å². The minimum Gasteiger partial charge on any atom is -0.364 e. The van der Waals surface area contributed by atoms with Crippen molar-refractivity contribution in [3.63, 3.8) is 0 Å². The zero-order chi connectivity index (χ0) is 17.8. The van der Waals surface area contributed by atoms with Crippen LogP contribution in [0.3, 0.4) is 0 Å². The number of hydrogen-bond acceptors (Lipinski definition) is 5. The first-order valence-electron chi connectivity index (χ1n) is 9.71. The van der Waals surface area contributed by atoms with Crippen LogP contribution in [0, 0.1) is 11.3 Å². The summed E-state index contributed by atoms with van der Waals surface area (Å²) < 4.78 is 2.18. The maximum atomic E-state index is 8.99. The van der Waals surface area contributed by atoms with Gasteiger partial charge < -0.3 is 5.32 Å². The fourth-order valence-corrected chi connectivity index (χ4v) is 4.17. The van der Waals surface area contributed by atoms with Crippen LogP contribution in [0.15, 0.2) is 24.4 Å². The Balaban J connectivity index is 1.42. The average molecular weight is 350 g/mol. The van der Waals surface area contributed by atoms with E-state index < -0.39 is 0 Å². The molecular formula is C20H26N6. The average Bonchev–Trinajstić information content (AvgIpc) is 2.97. The number of rotatable bonds is 4. The first kappa shape index (κ1) is 17.0. The normalized spacial score (nSPS) is 18.7. The van der Waals surface area contributed by atoms with Gasteiger partial charge in [0, 0.05) is 31.9 Å². The predicted octanol–water partition coefficient (Wildman–Crippen LogP) is 3.30. The summed E-state index contributed by atoms with van der Waals surface area (Å²) in [6.07, 6.45) is 9.69. The molecule has 0 radical (unpaired) electrons. The largest absolute Gasteiger partial charge is 0.364 e. The molecule has 1 saturated carbocycles. The molecule has 0 spiro atoms. The SMILES string of the molecule is N#Cc1ccnc(NCc2cc3n(n2)CCCN(C2CCCCC2)C3)c1. The van der Waals surface area contributed by atoms with Crippen LogP contribution in [0.2, 0.25) is 0 Å². The van der Waals surface area contributed by atoms with E-state index in [0.717, 1.165) is 30.6 Å². The first-order chi connectivity index (χ1) is 12.8. The highest BCUT2D eigenvalue weighted by atomic mass is 15.3. The number of aromatic nitrogens is 3. The van der Waals surface area contributed by atoms with E-state index in [1.165, 1.54) is 50.8 Å². The molecule has 6 heteroatoms. The summed E-state index contributed by atoms with van der Waals surface area (Å²) in [7, 11) is 0. The monoisotopic (exact) mass is 350 g/mol. The Hall–Kier alpha value is -2.39. The van der Waals surface area contributed by atoms with Gasteiger partial charge in [0.1, 0.15) is 5.82 Å². The van der Waals surface area contributed by atoms with Gasteiger partial charge in [-0.15, -0.1) is 0 Å². The molecule has 4 rings (SSSR count). The highest BCUT2D eigenvalue weighted by molar-refractivity contribution is 5.42. The lowest BCUT2D eigenvalue weighted by atomic mass is 9.94. The highest BCUT2D eigenvalue weighted by Crippen LogP contribution is 2.26. The van der Waals surface area contributed by atoms with Crippen LogP contribution >= 0.6 is 0 Å². The Morgan fingerprint density at radius 2 is 2.04 bits per heavy atom. The van der Waals surface area contributed by atoms with E-state index in [4.69, 9.17) is 10.4 Å². The fraction of sp³-hybridized carbons (Fsp3) is 0.550. The summed E-state index contributed by atoms with van der Waals surface area (Å²) in [6, 6.07) is 8.60. The highest BCUT2D eigenvalue weighted by Gasteiger charge is 2.24. The lowest BCUT2D eigenvalue weighted by molar-refractivity contribution is 0.150. The van der Waals surface area contributed by atoms with Crippen molar-refractivity contribution < 1.29 is 0 Å². The Morgan fingerprint density at radius 3 is 2.88 bits per heavy atom. The Morgan fingerprint density at radius 1 is 1.15 bits per heavy atom. The molecule has 0 aromatic carbocycles. The molecule has 0 unspecified atom stereocenters. The summed E-state index contributed by atoms with van der Waals surface area (Å²) >= 11 is 0. The van der Waals surface area contributed by atoms with Gasteiger partial charge in [0.05, 0.1) is 29.6 Å². The van der Waals surface area contributed by atoms with Crippen molar-refractivity contribution >= 4 is 5.82 Å². The standard InChI is InChI=1S/C20H26N6/c21-13-16-7-8-22-20(11-16)23-14-17-12-19-15-25(9-4-10-26(19)24-17)18-5-2-1-3-6-18/h7-8,11-12,18H,1-6,9-10,14-15H2,(H,22,23). The Kier molecular flexibility index (Phi) is 5.16. The Bertz CT molecular complexity index is 784. The third-order valence-electron chi connectivity index (χ3n) is 5.53. The van der Waals surface area contributed by atoms with E-state index in [9.17, 15) is 0 Å². The number of pyridine rings is 1. The molecule has 3 heterocycles. The number of fused-ring (bicyclic) bond motifs is 1. The molecular weight excluding hydrogens is 324 g/mol. The molecule has 6 nitrogen and oxygen atoms in total. The maximum absolute atomic E-state index is 8.99. The summed E-state index contributed by atoms with van der Waals surface area (Å²) in [4.78, 5) is 6.94. The molecule has 0 amide bonds. The molecule has 0 atom stereocenters. The van der Waals surface area contributed by atoms with Crippen LogP contribution in [-0.4, -0.2) is 32.3 Å². The topological polar surface area (TPSA) is 69.8 Å². The van der Waals surface area contributed by atoms with Gasteiger partial charge >= 0.3 is 0 Å². The molecule has 0 saturated heterocycles. The predicted molar refractivity (Wildman–Crippen MR) is 100 cm³/mol. The third kappa shape index (κ3) is 3.88. The lowest BCUT2D eigenvalue weighted by Crippen LogP contribution is -2.36. The smallest absolute Gasteiger partial charge is 0.127 e. The van der Waals surface area contributed by atoms with E-state index in [1.54, 1.807) is 18.3 Å². The minimum atomic E-state index is 0.617. The van der Waals surface area contributed by atoms with Crippen LogP contribution in [0.5, 0.6) is 0 Å². The molecule has 1 fully saturated rings. The molecule has 26 heavy (non-hydrogen) atoms. The van der Waals surface area contributed by atoms with Crippen LogP contribution in [-0.2, 0) is 19.6 Å². The van der Waals surface area contributed by atoms with Gasteiger partial charge in [-0.2, -0.15) is 10.4 Å². The molecule has 1 aliphatic heterocycles. The van der Waals surface area contributed by atoms with Gasteiger partial charge in [-0.05, 0) is 37.5 Å². The van der Waals surface area contributed by atoms with Crippen molar-refractivity contribution in [2.75, 3.05) is 11.9 Å². The maximum Gasteiger partial charge on any atom is 0.127 e. The number of anilines is 1. The zero-order valence-electron chi connectivity index (χ0n) is 15.2. The van der Waals surface area contributed by atoms with E-state index in [1.807, 2.05) is 0 Å². The first-order valence-corrected chi connectivity index (χ1v) is 9.71. The fourth-order valence-electron chi connectivity index (χ4n) is 4.17. The van der Waals surface area contributed by atoms with E-state index in [0.29, 0.717) is 12.1 Å². The van der Waals surface area contributed by atoms with Gasteiger partial charge in [-0.1, -0.05) is 19.3 Å². The second-order valence-corrected chi connectivity index (χ2v) is 7.36. The number of nitrogens with zero attached hydrogens (tertiary/aromatic N) is 5. The van der Waals surface area contributed by atoms with Crippen molar-refractivity contribution in [3.8, 4) is 6.07 Å². The van der Waals surface area contributed by atoms with E-state index in [2.05, 4.69) is 32.0 Å². The molecule has 2 aromatic rings. The van der Waals surface area contributed by atoms with E-state index >= 15 is 0 Å². The lowest BCUT2D eigenvalue weighted by Gasteiger charge is -2.33.